The number of alkyl halides is 1. The number of carbonyl (C=O) groups excluding carboxylic acids is 2. The average Bonchev–Trinajstić information content (AvgIpc) is 2.88. The summed E-state index contributed by atoms with van der Waals surface area (Å²) in [4.78, 5) is 24.1. The third kappa shape index (κ3) is 2.04. The van der Waals surface area contributed by atoms with Crippen molar-refractivity contribution in [2.24, 2.45) is 22.7 Å². The fourth-order valence-corrected chi connectivity index (χ4v) is 6.80. The van der Waals surface area contributed by atoms with Gasteiger partial charge in [-0.05, 0) is 57.1 Å². The van der Waals surface area contributed by atoms with Gasteiger partial charge in [-0.15, -0.1) is 0 Å². The molecule has 5 nitrogen and oxygen atoms in total. The van der Waals surface area contributed by atoms with Crippen molar-refractivity contribution in [3.63, 3.8) is 0 Å². The Morgan fingerprint density at radius 1 is 1.30 bits per heavy atom. The van der Waals surface area contributed by atoms with Gasteiger partial charge in [-0.25, -0.2) is 4.39 Å². The first-order chi connectivity index (χ1) is 12.5. The molecule has 27 heavy (non-hydrogen) atoms. The van der Waals surface area contributed by atoms with E-state index in [4.69, 9.17) is 0 Å². The first-order valence-electron chi connectivity index (χ1n) is 9.72. The van der Waals surface area contributed by atoms with Gasteiger partial charge in [-0.2, -0.15) is 0 Å². The SMILES string of the molecule is C[C@]12C[C@H](O)[C@@]3(F)[C@H](CCC4=CC(=O)C=C[C@]43C)[C@H]1CC[C@]2(O)C(=O)CO. The van der Waals surface area contributed by atoms with Crippen molar-refractivity contribution in [1.82, 2.24) is 0 Å². The van der Waals surface area contributed by atoms with Crippen molar-refractivity contribution in [1.29, 1.82) is 0 Å². The van der Waals surface area contributed by atoms with Gasteiger partial charge >= 0.3 is 0 Å². The molecule has 0 radical (unpaired) electrons. The second-order valence-electron chi connectivity index (χ2n) is 9.24. The van der Waals surface area contributed by atoms with Crippen LogP contribution in [0.2, 0.25) is 0 Å². The molecule has 0 aromatic carbocycles. The van der Waals surface area contributed by atoms with E-state index in [0.29, 0.717) is 24.8 Å². The quantitative estimate of drug-likeness (QED) is 0.679. The zero-order valence-corrected chi connectivity index (χ0v) is 15.7. The van der Waals surface area contributed by atoms with Crippen LogP contribution in [-0.4, -0.2) is 50.9 Å². The molecule has 4 aliphatic rings. The highest BCUT2D eigenvalue weighted by Crippen LogP contribution is 2.69. The van der Waals surface area contributed by atoms with Gasteiger partial charge in [0.2, 0.25) is 0 Å². The van der Waals surface area contributed by atoms with Crippen LogP contribution in [0.3, 0.4) is 0 Å². The number of aliphatic hydroxyl groups is 3. The Kier molecular flexibility index (Phi) is 3.92. The van der Waals surface area contributed by atoms with E-state index >= 15 is 4.39 Å². The first-order valence-corrected chi connectivity index (χ1v) is 9.72. The summed E-state index contributed by atoms with van der Waals surface area (Å²) in [6.07, 6.45) is 4.65. The summed E-state index contributed by atoms with van der Waals surface area (Å²) >= 11 is 0. The van der Waals surface area contributed by atoms with Crippen molar-refractivity contribution in [3.05, 3.63) is 23.8 Å². The molecule has 0 heterocycles. The lowest BCUT2D eigenvalue weighted by molar-refractivity contribution is -0.217. The summed E-state index contributed by atoms with van der Waals surface area (Å²) in [5.74, 6) is -1.64. The Bertz CT molecular complexity index is 775. The molecule has 3 fully saturated rings. The lowest BCUT2D eigenvalue weighted by Gasteiger charge is -2.62. The van der Waals surface area contributed by atoms with Crippen LogP contribution in [0.5, 0.6) is 0 Å². The van der Waals surface area contributed by atoms with Crippen molar-refractivity contribution in [2.45, 2.75) is 63.3 Å². The lowest BCUT2D eigenvalue weighted by Crippen LogP contribution is -2.69. The number of carbonyl (C=O) groups is 2. The van der Waals surface area contributed by atoms with Crippen LogP contribution in [0.25, 0.3) is 0 Å². The van der Waals surface area contributed by atoms with Gasteiger partial charge in [0.15, 0.2) is 17.2 Å². The van der Waals surface area contributed by atoms with Gasteiger partial charge in [0.1, 0.15) is 12.2 Å². The maximum absolute atomic E-state index is 16.7. The van der Waals surface area contributed by atoms with Gasteiger partial charge in [-0.1, -0.05) is 18.6 Å². The maximum atomic E-state index is 16.7. The molecule has 3 saturated carbocycles. The predicted molar refractivity (Wildman–Crippen MR) is 95.4 cm³/mol. The molecule has 0 aromatic heterocycles. The maximum Gasteiger partial charge on any atom is 0.190 e. The number of hydrogen-bond acceptors (Lipinski definition) is 5. The number of aliphatic hydroxyl groups excluding tert-OH is 2. The molecule has 6 heteroatoms. The minimum Gasteiger partial charge on any atom is -0.390 e. The molecule has 0 aliphatic heterocycles. The number of hydrogen-bond donors (Lipinski definition) is 3. The van der Waals surface area contributed by atoms with Crippen LogP contribution in [0.1, 0.15) is 46.0 Å². The standard InChI is InChI=1S/C21H27FO5/c1-18-7-5-13(24)9-12(18)3-4-15-14-6-8-20(27,17(26)11-23)19(14,2)10-16(25)21(15,18)22/h5,7,9,14-16,23,25,27H,3-4,6,8,10-11H2,1-2H3/t14-,15-,16+,18-,19+,20+,21+/m1/s1. The fourth-order valence-electron chi connectivity index (χ4n) is 6.80. The number of Topliss-reactive ketones (excluding diaryl/α,β-unsaturated/α-hetero) is 1. The molecule has 4 rings (SSSR count). The molecule has 0 unspecified atom stereocenters. The Balaban J connectivity index is 1.81. The van der Waals surface area contributed by atoms with Crippen LogP contribution < -0.4 is 0 Å². The second kappa shape index (κ2) is 5.58. The van der Waals surface area contributed by atoms with E-state index in [1.807, 2.05) is 0 Å². The number of allylic oxidation sites excluding steroid dienone is 4. The highest BCUT2D eigenvalue weighted by atomic mass is 19.1. The normalized spacial score (nSPS) is 51.3. The van der Waals surface area contributed by atoms with Crippen LogP contribution in [-0.2, 0) is 9.59 Å². The lowest BCUT2D eigenvalue weighted by atomic mass is 9.44. The molecule has 7 atom stereocenters. The molecule has 0 spiro atoms. The highest BCUT2D eigenvalue weighted by molar-refractivity contribution is 6.01. The number of ketones is 2. The van der Waals surface area contributed by atoms with E-state index in [2.05, 4.69) is 0 Å². The number of halogens is 1. The van der Waals surface area contributed by atoms with Gasteiger partial charge in [0.25, 0.3) is 0 Å². The van der Waals surface area contributed by atoms with E-state index < -0.39 is 46.5 Å². The van der Waals surface area contributed by atoms with Crippen LogP contribution >= 0.6 is 0 Å². The van der Waals surface area contributed by atoms with E-state index in [-0.39, 0.29) is 24.5 Å². The summed E-state index contributed by atoms with van der Waals surface area (Å²) in [5.41, 5.74) is -5.07. The summed E-state index contributed by atoms with van der Waals surface area (Å²) in [5, 5.41) is 31.5. The van der Waals surface area contributed by atoms with E-state index in [9.17, 15) is 24.9 Å². The second-order valence-corrected chi connectivity index (χ2v) is 9.24. The van der Waals surface area contributed by atoms with Gasteiger partial charge < -0.3 is 15.3 Å². The summed E-state index contributed by atoms with van der Waals surface area (Å²) in [6, 6.07) is 0. The van der Waals surface area contributed by atoms with Crippen LogP contribution in [0.15, 0.2) is 23.8 Å². The molecular weight excluding hydrogens is 351 g/mol. The first kappa shape index (κ1) is 19.0. The molecule has 4 aliphatic carbocycles. The largest absolute Gasteiger partial charge is 0.390 e. The Labute approximate surface area is 158 Å². The van der Waals surface area contributed by atoms with Gasteiger partial charge in [0.05, 0.1) is 6.10 Å². The zero-order chi connectivity index (χ0) is 19.8. The molecular formula is C21H27FO5. The summed E-state index contributed by atoms with van der Waals surface area (Å²) in [7, 11) is 0. The fraction of sp³-hybridized carbons (Fsp3) is 0.714. The van der Waals surface area contributed by atoms with Gasteiger partial charge in [0, 0.05) is 16.7 Å². The molecule has 0 amide bonds. The van der Waals surface area contributed by atoms with Crippen molar-refractivity contribution >= 4 is 11.6 Å². The number of fused-ring (bicyclic) bond motifs is 5. The van der Waals surface area contributed by atoms with Crippen molar-refractivity contribution in [2.75, 3.05) is 6.61 Å². The van der Waals surface area contributed by atoms with E-state index in [1.54, 1.807) is 19.9 Å². The predicted octanol–water partition coefficient (Wildman–Crippen LogP) is 1.65. The van der Waals surface area contributed by atoms with E-state index in [1.165, 1.54) is 12.2 Å². The Hall–Kier alpha value is -1.37. The van der Waals surface area contributed by atoms with Gasteiger partial charge in [-0.3, -0.25) is 9.59 Å². The van der Waals surface area contributed by atoms with Crippen LogP contribution in [0, 0.1) is 22.7 Å². The Morgan fingerprint density at radius 2 is 2.00 bits per heavy atom. The minimum atomic E-state index is -1.97. The topological polar surface area (TPSA) is 94.8 Å². The number of rotatable bonds is 2. The molecule has 0 aromatic rings. The molecule has 0 bridgehead atoms. The average molecular weight is 378 g/mol. The smallest absolute Gasteiger partial charge is 0.190 e. The van der Waals surface area contributed by atoms with E-state index in [0.717, 1.165) is 0 Å². The van der Waals surface area contributed by atoms with Crippen LogP contribution in [0.4, 0.5) is 4.39 Å². The summed E-state index contributed by atoms with van der Waals surface area (Å²) < 4.78 is 16.7. The monoisotopic (exact) mass is 378 g/mol. The third-order valence-corrected chi connectivity index (χ3v) is 8.40. The Morgan fingerprint density at radius 3 is 2.67 bits per heavy atom. The third-order valence-electron chi connectivity index (χ3n) is 8.40. The molecule has 148 valence electrons. The molecule has 3 N–H and O–H groups in total. The van der Waals surface area contributed by atoms with Crippen molar-refractivity contribution in [3.8, 4) is 0 Å². The summed E-state index contributed by atoms with van der Waals surface area (Å²) in [6.45, 7) is 2.71. The van der Waals surface area contributed by atoms with Crippen molar-refractivity contribution < 1.29 is 29.3 Å². The highest BCUT2D eigenvalue weighted by Gasteiger charge is 2.73. The zero-order valence-electron chi connectivity index (χ0n) is 15.7. The molecule has 0 saturated heterocycles. The minimum absolute atomic E-state index is 0.0580.